The molecule has 0 aliphatic heterocycles. The topological polar surface area (TPSA) is 43.8 Å². The minimum absolute atomic E-state index is 0.292. The van der Waals surface area contributed by atoms with Gasteiger partial charge in [0.05, 0.1) is 21.7 Å². The molecular formula is C14H10BrClFN3. The molecule has 0 amide bonds. The molecule has 102 valence electrons. The van der Waals surface area contributed by atoms with Gasteiger partial charge < -0.3 is 5.73 Å². The summed E-state index contributed by atoms with van der Waals surface area (Å²) < 4.78 is 16.1. The number of anilines is 1. The van der Waals surface area contributed by atoms with Crippen LogP contribution in [0.15, 0.2) is 34.8 Å². The quantitative estimate of drug-likeness (QED) is 0.700. The van der Waals surface area contributed by atoms with Crippen molar-refractivity contribution >= 4 is 44.5 Å². The number of benzene rings is 2. The van der Waals surface area contributed by atoms with Gasteiger partial charge in [0, 0.05) is 10.5 Å². The summed E-state index contributed by atoms with van der Waals surface area (Å²) in [6.45, 7) is 1.71. The zero-order valence-electron chi connectivity index (χ0n) is 10.5. The average molecular weight is 355 g/mol. The molecule has 2 aromatic carbocycles. The fourth-order valence-corrected chi connectivity index (χ4v) is 2.60. The highest BCUT2D eigenvalue weighted by Crippen LogP contribution is 2.29. The van der Waals surface area contributed by atoms with Crippen LogP contribution in [0.4, 0.5) is 10.3 Å². The van der Waals surface area contributed by atoms with Crippen molar-refractivity contribution in [2.24, 2.45) is 0 Å². The molecule has 0 aliphatic carbocycles. The lowest BCUT2D eigenvalue weighted by Crippen LogP contribution is -2.00. The molecule has 0 unspecified atom stereocenters. The number of rotatable bonds is 1. The van der Waals surface area contributed by atoms with E-state index in [0.717, 1.165) is 15.7 Å². The molecule has 3 aromatic rings. The lowest BCUT2D eigenvalue weighted by molar-refractivity contribution is 0.620. The minimum Gasteiger partial charge on any atom is -0.369 e. The summed E-state index contributed by atoms with van der Waals surface area (Å²) in [6.07, 6.45) is 0. The number of aryl methyl sites for hydroxylation is 1. The Morgan fingerprint density at radius 1 is 1.30 bits per heavy atom. The molecule has 2 N–H and O–H groups in total. The number of nitrogens with zero attached hydrogens (tertiary/aromatic N) is 2. The maximum atomic E-state index is 13.6. The first-order valence-electron chi connectivity index (χ1n) is 5.87. The van der Waals surface area contributed by atoms with E-state index in [1.54, 1.807) is 23.6 Å². The van der Waals surface area contributed by atoms with Crippen LogP contribution in [0.5, 0.6) is 0 Å². The molecule has 20 heavy (non-hydrogen) atoms. The summed E-state index contributed by atoms with van der Waals surface area (Å²) >= 11 is 9.37. The third-order valence-electron chi connectivity index (χ3n) is 3.12. The van der Waals surface area contributed by atoms with Gasteiger partial charge in [-0.3, -0.25) is 4.57 Å². The molecule has 3 rings (SSSR count). The second kappa shape index (κ2) is 4.75. The molecule has 0 saturated heterocycles. The molecule has 3 nitrogen and oxygen atoms in total. The Balaban J connectivity index is 2.32. The van der Waals surface area contributed by atoms with E-state index in [9.17, 15) is 4.39 Å². The van der Waals surface area contributed by atoms with Crippen LogP contribution in [0.2, 0.25) is 5.02 Å². The van der Waals surface area contributed by atoms with Crippen molar-refractivity contribution in [2.45, 2.75) is 6.92 Å². The maximum Gasteiger partial charge on any atom is 0.205 e. The van der Waals surface area contributed by atoms with Crippen molar-refractivity contribution in [1.82, 2.24) is 9.55 Å². The van der Waals surface area contributed by atoms with Gasteiger partial charge >= 0.3 is 0 Å². The highest BCUT2D eigenvalue weighted by atomic mass is 79.9. The first kappa shape index (κ1) is 13.4. The van der Waals surface area contributed by atoms with Gasteiger partial charge in [-0.2, -0.15) is 0 Å². The third-order valence-corrected chi connectivity index (χ3v) is 4.34. The Morgan fingerprint density at radius 2 is 2.05 bits per heavy atom. The van der Waals surface area contributed by atoms with Crippen LogP contribution in [0, 0.1) is 12.7 Å². The van der Waals surface area contributed by atoms with E-state index in [-0.39, 0.29) is 5.82 Å². The van der Waals surface area contributed by atoms with Crippen molar-refractivity contribution in [3.63, 3.8) is 0 Å². The first-order chi connectivity index (χ1) is 9.47. The Kier molecular flexibility index (Phi) is 3.18. The SMILES string of the molecule is Cc1cc2c(cc1F)nc(N)n2-c1ccc(Cl)c(Br)c1. The van der Waals surface area contributed by atoms with Crippen LogP contribution >= 0.6 is 27.5 Å². The van der Waals surface area contributed by atoms with Crippen molar-refractivity contribution in [1.29, 1.82) is 0 Å². The predicted octanol–water partition coefficient (Wildman–Crippen LogP) is 4.47. The average Bonchev–Trinajstić information content (AvgIpc) is 2.69. The Morgan fingerprint density at radius 3 is 2.75 bits per heavy atom. The van der Waals surface area contributed by atoms with Crippen molar-refractivity contribution in [2.75, 3.05) is 5.73 Å². The Labute approximate surface area is 128 Å². The Hall–Kier alpha value is -1.59. The number of hydrogen-bond acceptors (Lipinski definition) is 2. The van der Waals surface area contributed by atoms with E-state index < -0.39 is 0 Å². The summed E-state index contributed by atoms with van der Waals surface area (Å²) in [7, 11) is 0. The lowest BCUT2D eigenvalue weighted by atomic mass is 10.2. The fourth-order valence-electron chi connectivity index (χ4n) is 2.12. The van der Waals surface area contributed by atoms with E-state index in [0.29, 0.717) is 22.1 Å². The molecule has 0 bridgehead atoms. The number of halogens is 3. The molecular weight excluding hydrogens is 345 g/mol. The number of imidazole rings is 1. The number of hydrogen-bond donors (Lipinski definition) is 1. The molecule has 0 saturated carbocycles. The van der Waals surface area contributed by atoms with Gasteiger partial charge in [-0.15, -0.1) is 0 Å². The fraction of sp³-hybridized carbons (Fsp3) is 0.0714. The smallest absolute Gasteiger partial charge is 0.205 e. The van der Waals surface area contributed by atoms with Crippen LogP contribution in [-0.2, 0) is 0 Å². The summed E-state index contributed by atoms with van der Waals surface area (Å²) in [4.78, 5) is 4.20. The maximum absolute atomic E-state index is 13.6. The lowest BCUT2D eigenvalue weighted by Gasteiger charge is -2.08. The van der Waals surface area contributed by atoms with Gasteiger partial charge in [-0.1, -0.05) is 11.6 Å². The second-order valence-corrected chi connectivity index (χ2v) is 5.76. The van der Waals surface area contributed by atoms with E-state index in [2.05, 4.69) is 20.9 Å². The largest absolute Gasteiger partial charge is 0.369 e. The summed E-state index contributed by atoms with van der Waals surface area (Å²) in [6, 6.07) is 8.57. The van der Waals surface area contributed by atoms with Crippen molar-refractivity contribution in [3.8, 4) is 5.69 Å². The van der Waals surface area contributed by atoms with Gasteiger partial charge in [-0.05, 0) is 52.7 Å². The van der Waals surface area contributed by atoms with Crippen LogP contribution in [0.25, 0.3) is 16.7 Å². The molecule has 0 radical (unpaired) electrons. The molecule has 0 fully saturated rings. The monoisotopic (exact) mass is 353 g/mol. The van der Waals surface area contributed by atoms with Crippen LogP contribution in [0.3, 0.4) is 0 Å². The number of nitrogens with two attached hydrogens (primary N) is 1. The standard InChI is InChI=1S/C14H10BrClFN3/c1-7-4-13-12(6-11(7)17)19-14(18)20(13)8-2-3-10(16)9(15)5-8/h2-6H,1H3,(H2,18,19). The zero-order valence-corrected chi connectivity index (χ0v) is 12.8. The first-order valence-corrected chi connectivity index (χ1v) is 7.04. The third kappa shape index (κ3) is 2.07. The zero-order chi connectivity index (χ0) is 14.4. The van der Waals surface area contributed by atoms with Gasteiger partial charge in [0.25, 0.3) is 0 Å². The van der Waals surface area contributed by atoms with Gasteiger partial charge in [0.15, 0.2) is 0 Å². The molecule has 0 spiro atoms. The van der Waals surface area contributed by atoms with Gasteiger partial charge in [-0.25, -0.2) is 9.37 Å². The second-order valence-electron chi connectivity index (χ2n) is 4.49. The Bertz CT molecular complexity index is 829. The normalized spacial score (nSPS) is 11.2. The summed E-state index contributed by atoms with van der Waals surface area (Å²) in [5, 5.41) is 0.610. The van der Waals surface area contributed by atoms with E-state index in [1.165, 1.54) is 6.07 Å². The minimum atomic E-state index is -0.292. The van der Waals surface area contributed by atoms with E-state index in [4.69, 9.17) is 17.3 Å². The van der Waals surface area contributed by atoms with Gasteiger partial charge in [0.2, 0.25) is 5.95 Å². The number of aromatic nitrogens is 2. The number of fused-ring (bicyclic) bond motifs is 1. The highest BCUT2D eigenvalue weighted by molar-refractivity contribution is 9.10. The number of nitrogen functional groups attached to an aromatic ring is 1. The van der Waals surface area contributed by atoms with Crippen LogP contribution in [0.1, 0.15) is 5.56 Å². The molecule has 1 aromatic heterocycles. The highest BCUT2D eigenvalue weighted by Gasteiger charge is 2.13. The van der Waals surface area contributed by atoms with E-state index >= 15 is 0 Å². The molecule has 0 atom stereocenters. The summed E-state index contributed by atoms with van der Waals surface area (Å²) in [5.41, 5.74) is 8.60. The van der Waals surface area contributed by atoms with Gasteiger partial charge in [0.1, 0.15) is 5.82 Å². The summed E-state index contributed by atoms with van der Waals surface area (Å²) in [5.74, 6) is 0.0126. The predicted molar refractivity (Wildman–Crippen MR) is 82.9 cm³/mol. The van der Waals surface area contributed by atoms with Crippen LogP contribution < -0.4 is 5.73 Å². The molecule has 1 heterocycles. The molecule has 0 aliphatic rings. The molecule has 6 heteroatoms. The van der Waals surface area contributed by atoms with Crippen molar-refractivity contribution in [3.05, 3.63) is 51.2 Å². The van der Waals surface area contributed by atoms with Crippen LogP contribution in [-0.4, -0.2) is 9.55 Å². The van der Waals surface area contributed by atoms with E-state index in [1.807, 2.05) is 12.1 Å². The van der Waals surface area contributed by atoms with Crippen molar-refractivity contribution < 1.29 is 4.39 Å².